The average Bonchev–Trinajstić information content (AvgIpc) is 2.15. The highest BCUT2D eigenvalue weighted by atomic mass is 19.1. The monoisotopic (exact) mass is 201 g/mol. The van der Waals surface area contributed by atoms with E-state index in [1.54, 1.807) is 5.43 Å². The van der Waals surface area contributed by atoms with E-state index < -0.39 is 28.9 Å². The molecule has 0 aliphatic rings. The van der Waals surface area contributed by atoms with Gasteiger partial charge in [-0.1, -0.05) is 0 Å². The molecule has 0 bridgehead atoms. The van der Waals surface area contributed by atoms with Crippen LogP contribution in [0.25, 0.3) is 0 Å². The molecule has 0 aliphatic carbocycles. The molecule has 7 heteroatoms. The molecule has 74 valence electrons. The molecule has 0 aliphatic heterocycles. The number of nitrogen functional groups attached to an aromatic ring is 1. The largest absolute Gasteiger partial charge is 0.298 e. The zero-order valence-corrected chi connectivity index (χ0v) is 6.75. The minimum absolute atomic E-state index is 0.0619. The predicted molar refractivity (Wildman–Crippen MR) is 41.2 cm³/mol. The number of carbonyl (C=O) groups excluding carboxylic acids is 2. The van der Waals surface area contributed by atoms with E-state index in [0.29, 0.717) is 6.07 Å². The minimum atomic E-state index is -1.35. The Morgan fingerprint density at radius 3 is 2.71 bits per heavy atom. The maximum atomic E-state index is 12.8. The number of aromatic nitrogens is 1. The summed E-state index contributed by atoms with van der Waals surface area (Å²) in [4.78, 5) is 24.0. The van der Waals surface area contributed by atoms with Crippen molar-refractivity contribution < 1.29 is 18.4 Å². The Bertz CT molecular complexity index is 395. The Hall–Kier alpha value is -1.89. The summed E-state index contributed by atoms with van der Waals surface area (Å²) in [7, 11) is 0. The third-order valence-corrected chi connectivity index (χ3v) is 1.47. The maximum Gasteiger partial charge on any atom is 0.266 e. The molecule has 0 spiro atoms. The van der Waals surface area contributed by atoms with Gasteiger partial charge >= 0.3 is 0 Å². The van der Waals surface area contributed by atoms with Gasteiger partial charge in [0.05, 0.1) is 11.1 Å². The molecule has 1 rings (SSSR count). The zero-order chi connectivity index (χ0) is 10.7. The lowest BCUT2D eigenvalue weighted by molar-refractivity contribution is 0.0946. The Balaban J connectivity index is 3.39. The van der Waals surface area contributed by atoms with Crippen LogP contribution in [0.5, 0.6) is 0 Å². The van der Waals surface area contributed by atoms with Crippen LogP contribution in [-0.2, 0) is 0 Å². The SMILES string of the molecule is NNC(=O)c1cc(F)nc(F)c1C=O. The Morgan fingerprint density at radius 2 is 2.21 bits per heavy atom. The van der Waals surface area contributed by atoms with Gasteiger partial charge in [0.2, 0.25) is 11.9 Å². The quantitative estimate of drug-likeness (QED) is 0.227. The lowest BCUT2D eigenvalue weighted by atomic mass is 10.1. The molecule has 14 heavy (non-hydrogen) atoms. The molecule has 0 radical (unpaired) electrons. The van der Waals surface area contributed by atoms with Crippen LogP contribution in [0, 0.1) is 11.9 Å². The van der Waals surface area contributed by atoms with Gasteiger partial charge in [-0.2, -0.15) is 13.8 Å². The van der Waals surface area contributed by atoms with E-state index in [4.69, 9.17) is 5.84 Å². The summed E-state index contributed by atoms with van der Waals surface area (Å²) in [5.41, 5.74) is 0.528. The summed E-state index contributed by atoms with van der Waals surface area (Å²) in [6.07, 6.45) is 0.0619. The van der Waals surface area contributed by atoms with E-state index in [1.165, 1.54) is 0 Å². The number of aldehydes is 1. The van der Waals surface area contributed by atoms with Crippen LogP contribution in [0.3, 0.4) is 0 Å². The van der Waals surface area contributed by atoms with E-state index in [2.05, 4.69) is 4.98 Å². The molecule has 1 amide bonds. The van der Waals surface area contributed by atoms with Gasteiger partial charge in [-0.15, -0.1) is 0 Å². The topological polar surface area (TPSA) is 85.1 Å². The number of carbonyl (C=O) groups is 2. The molecule has 3 N–H and O–H groups in total. The number of halogens is 2. The highest BCUT2D eigenvalue weighted by Gasteiger charge is 2.17. The second kappa shape index (κ2) is 3.88. The normalized spacial score (nSPS) is 9.64. The van der Waals surface area contributed by atoms with Crippen LogP contribution >= 0.6 is 0 Å². The summed E-state index contributed by atoms with van der Waals surface area (Å²) in [6.45, 7) is 0. The van der Waals surface area contributed by atoms with Crippen molar-refractivity contribution in [2.24, 2.45) is 5.84 Å². The molecule has 5 nitrogen and oxygen atoms in total. The van der Waals surface area contributed by atoms with Gasteiger partial charge < -0.3 is 0 Å². The highest BCUT2D eigenvalue weighted by molar-refractivity contribution is 6.00. The molecule has 0 fully saturated rings. The molecule has 1 heterocycles. The molecule has 0 saturated carbocycles. The fourth-order valence-electron chi connectivity index (χ4n) is 0.872. The van der Waals surface area contributed by atoms with E-state index in [1.807, 2.05) is 0 Å². The van der Waals surface area contributed by atoms with Crippen LogP contribution in [0.15, 0.2) is 6.07 Å². The maximum absolute atomic E-state index is 12.8. The smallest absolute Gasteiger partial charge is 0.266 e. The van der Waals surface area contributed by atoms with Gasteiger partial charge in [0.15, 0.2) is 6.29 Å². The first-order valence-corrected chi connectivity index (χ1v) is 3.42. The summed E-state index contributed by atoms with van der Waals surface area (Å²) in [5.74, 6) is 1.23. The third-order valence-electron chi connectivity index (χ3n) is 1.47. The number of nitrogens with two attached hydrogens (primary N) is 1. The first-order chi connectivity index (χ1) is 6.60. The average molecular weight is 201 g/mol. The van der Waals surface area contributed by atoms with Crippen molar-refractivity contribution in [2.45, 2.75) is 0 Å². The second-order valence-corrected chi connectivity index (χ2v) is 2.29. The van der Waals surface area contributed by atoms with Crippen molar-refractivity contribution in [3.8, 4) is 0 Å². The summed E-state index contributed by atoms with van der Waals surface area (Å²) < 4.78 is 25.4. The zero-order valence-electron chi connectivity index (χ0n) is 6.75. The van der Waals surface area contributed by atoms with Crippen LogP contribution in [-0.4, -0.2) is 17.2 Å². The minimum Gasteiger partial charge on any atom is -0.298 e. The van der Waals surface area contributed by atoms with Gasteiger partial charge in [0.1, 0.15) is 0 Å². The molecule has 0 atom stereocenters. The van der Waals surface area contributed by atoms with Gasteiger partial charge in [0, 0.05) is 6.07 Å². The van der Waals surface area contributed by atoms with Crippen molar-refractivity contribution in [3.63, 3.8) is 0 Å². The molecule has 0 aromatic carbocycles. The first-order valence-electron chi connectivity index (χ1n) is 3.42. The Kier molecular flexibility index (Phi) is 2.82. The standard InChI is InChI=1S/C7H5F2N3O2/c8-5-1-3(7(14)12-10)4(2-13)6(9)11-5/h1-2H,10H2,(H,12,14). The van der Waals surface area contributed by atoms with Gasteiger partial charge in [-0.05, 0) is 0 Å². The Morgan fingerprint density at radius 1 is 1.57 bits per heavy atom. The number of nitrogens with zero attached hydrogens (tertiary/aromatic N) is 1. The van der Waals surface area contributed by atoms with Crippen LogP contribution in [0.1, 0.15) is 20.7 Å². The number of rotatable bonds is 2. The molecule has 0 unspecified atom stereocenters. The molecular formula is C7H5F2N3O2. The van der Waals surface area contributed by atoms with E-state index in [-0.39, 0.29) is 6.29 Å². The van der Waals surface area contributed by atoms with Crippen molar-refractivity contribution in [1.29, 1.82) is 0 Å². The van der Waals surface area contributed by atoms with Gasteiger partial charge in [0.25, 0.3) is 5.91 Å². The fourth-order valence-corrected chi connectivity index (χ4v) is 0.872. The number of pyridine rings is 1. The number of hydrazine groups is 1. The molecule has 1 aromatic heterocycles. The van der Waals surface area contributed by atoms with E-state index in [9.17, 15) is 18.4 Å². The lowest BCUT2D eigenvalue weighted by Gasteiger charge is -2.03. The predicted octanol–water partition coefficient (Wildman–Crippen LogP) is -0.224. The second-order valence-electron chi connectivity index (χ2n) is 2.29. The Labute approximate surface area is 76.9 Å². The van der Waals surface area contributed by atoms with Crippen LogP contribution in [0.4, 0.5) is 8.78 Å². The van der Waals surface area contributed by atoms with E-state index >= 15 is 0 Å². The first kappa shape index (κ1) is 10.2. The molecule has 1 aromatic rings. The molecular weight excluding hydrogens is 196 g/mol. The number of nitrogens with one attached hydrogen (secondary N) is 1. The van der Waals surface area contributed by atoms with Crippen molar-refractivity contribution >= 4 is 12.2 Å². The fraction of sp³-hybridized carbons (Fsp3) is 0. The number of hydrogen-bond acceptors (Lipinski definition) is 4. The van der Waals surface area contributed by atoms with Crippen molar-refractivity contribution in [1.82, 2.24) is 10.4 Å². The summed E-state index contributed by atoms with van der Waals surface area (Å²) in [5, 5.41) is 0. The lowest BCUT2D eigenvalue weighted by Crippen LogP contribution is -2.31. The highest BCUT2D eigenvalue weighted by Crippen LogP contribution is 2.10. The molecule has 0 saturated heterocycles. The summed E-state index contributed by atoms with van der Waals surface area (Å²) >= 11 is 0. The van der Waals surface area contributed by atoms with Crippen LogP contribution < -0.4 is 11.3 Å². The van der Waals surface area contributed by atoms with Crippen LogP contribution in [0.2, 0.25) is 0 Å². The van der Waals surface area contributed by atoms with Crippen molar-refractivity contribution in [3.05, 3.63) is 29.1 Å². The number of amides is 1. The third kappa shape index (κ3) is 1.72. The van der Waals surface area contributed by atoms with E-state index in [0.717, 1.165) is 0 Å². The summed E-state index contributed by atoms with van der Waals surface area (Å²) in [6, 6.07) is 0.620. The van der Waals surface area contributed by atoms with Gasteiger partial charge in [-0.25, -0.2) is 5.84 Å². The number of hydrogen-bond donors (Lipinski definition) is 2. The van der Waals surface area contributed by atoms with Gasteiger partial charge in [-0.3, -0.25) is 15.0 Å². The van der Waals surface area contributed by atoms with Crippen molar-refractivity contribution in [2.75, 3.05) is 0 Å².